The van der Waals surface area contributed by atoms with E-state index in [4.69, 9.17) is 0 Å². The Morgan fingerprint density at radius 1 is 1.07 bits per heavy atom. The van der Waals surface area contributed by atoms with Crippen molar-refractivity contribution in [3.05, 3.63) is 24.3 Å². The van der Waals surface area contributed by atoms with Crippen molar-refractivity contribution in [1.29, 1.82) is 0 Å². The van der Waals surface area contributed by atoms with Crippen LogP contribution < -0.4 is 0 Å². The molecule has 0 aliphatic heterocycles. The van der Waals surface area contributed by atoms with Gasteiger partial charge in [0.1, 0.15) is 0 Å². The molecule has 2 heteroatoms. The van der Waals surface area contributed by atoms with Gasteiger partial charge in [-0.2, -0.15) is 0 Å². The molecule has 0 N–H and O–H groups in total. The maximum atomic E-state index is 12.9. The third-order valence-electron chi connectivity index (χ3n) is 7.57. The van der Waals surface area contributed by atoms with E-state index in [-0.39, 0.29) is 5.92 Å². The molecule has 27 heavy (non-hydrogen) atoms. The van der Waals surface area contributed by atoms with Gasteiger partial charge in [-0.05, 0) is 81.5 Å². The average Bonchev–Trinajstić information content (AvgIpc) is 2.70. The van der Waals surface area contributed by atoms with Gasteiger partial charge in [-0.3, -0.25) is 0 Å². The van der Waals surface area contributed by atoms with E-state index in [1.807, 2.05) is 6.08 Å². The van der Waals surface area contributed by atoms with Crippen molar-refractivity contribution in [1.82, 2.24) is 0 Å². The Bertz CT molecular complexity index is 445. The van der Waals surface area contributed by atoms with Crippen molar-refractivity contribution in [2.45, 2.75) is 104 Å². The van der Waals surface area contributed by atoms with Crippen LogP contribution in [0.25, 0.3) is 0 Å². The second-order valence-electron chi connectivity index (χ2n) is 9.31. The Morgan fingerprint density at radius 2 is 1.81 bits per heavy atom. The molecule has 2 rings (SSSR count). The van der Waals surface area contributed by atoms with E-state index in [9.17, 15) is 8.78 Å². The van der Waals surface area contributed by atoms with Gasteiger partial charge in [0.25, 0.3) is 0 Å². The second-order valence-corrected chi connectivity index (χ2v) is 9.31. The molecule has 0 radical (unpaired) electrons. The molecule has 0 amide bonds. The highest BCUT2D eigenvalue weighted by Crippen LogP contribution is 2.41. The Hall–Kier alpha value is -0.660. The third kappa shape index (κ3) is 7.35. The molecule has 0 aromatic heterocycles. The van der Waals surface area contributed by atoms with Crippen LogP contribution in [0.1, 0.15) is 97.3 Å². The van der Waals surface area contributed by atoms with E-state index < -0.39 is 6.43 Å². The maximum absolute atomic E-state index is 12.9. The third-order valence-corrected chi connectivity index (χ3v) is 7.57. The molecule has 0 bridgehead atoms. The monoisotopic (exact) mass is 380 g/mol. The fourth-order valence-electron chi connectivity index (χ4n) is 5.34. The summed E-state index contributed by atoms with van der Waals surface area (Å²) in [5.41, 5.74) is 1.60. The highest BCUT2D eigenvalue weighted by molar-refractivity contribution is 5.12. The summed E-state index contributed by atoms with van der Waals surface area (Å²) in [5.74, 6) is 2.79. The van der Waals surface area contributed by atoms with Crippen LogP contribution in [0, 0.1) is 29.6 Å². The first-order valence-corrected chi connectivity index (χ1v) is 11.6. The summed E-state index contributed by atoms with van der Waals surface area (Å²) in [5, 5.41) is 0. The molecule has 3 atom stereocenters. The lowest BCUT2D eigenvalue weighted by Gasteiger charge is -2.34. The zero-order chi connectivity index (χ0) is 19.6. The summed E-state index contributed by atoms with van der Waals surface area (Å²) >= 11 is 0. The normalized spacial score (nSPS) is 28.6. The fraction of sp³-hybridized carbons (Fsp3) is 0.840. The first-order chi connectivity index (χ1) is 13.0. The molecule has 0 aromatic carbocycles. The Kier molecular flexibility index (Phi) is 10.1. The molecule has 0 saturated heterocycles. The van der Waals surface area contributed by atoms with Gasteiger partial charge in [-0.1, -0.05) is 57.3 Å². The van der Waals surface area contributed by atoms with Gasteiger partial charge >= 0.3 is 0 Å². The first kappa shape index (κ1) is 22.6. The minimum atomic E-state index is -2.11. The number of halogens is 2. The molecule has 3 unspecified atom stereocenters. The van der Waals surface area contributed by atoms with Crippen molar-refractivity contribution < 1.29 is 8.78 Å². The van der Waals surface area contributed by atoms with Gasteiger partial charge in [0.15, 0.2) is 0 Å². The molecule has 0 nitrogen and oxygen atoms in total. The standard InChI is InChI=1S/C25H42F2/c1-4-6-7-8-20(5-2)10-9-19(3)21-11-13-22(14-12-21)23-15-17-24(18-16-23)25(26)27/h4,13,19-21,23-25H,1,5-12,14-18H2,2-3H3. The quantitative estimate of drug-likeness (QED) is 0.249. The predicted octanol–water partition coefficient (Wildman–Crippen LogP) is 8.58. The van der Waals surface area contributed by atoms with Crippen molar-refractivity contribution in [2.75, 3.05) is 0 Å². The van der Waals surface area contributed by atoms with Gasteiger partial charge in [-0.15, -0.1) is 6.58 Å². The molecular formula is C25H42F2. The van der Waals surface area contributed by atoms with Crippen molar-refractivity contribution in [3.63, 3.8) is 0 Å². The lowest BCUT2D eigenvalue weighted by Crippen LogP contribution is -2.23. The van der Waals surface area contributed by atoms with Crippen molar-refractivity contribution in [3.8, 4) is 0 Å². The van der Waals surface area contributed by atoms with Crippen molar-refractivity contribution >= 4 is 0 Å². The van der Waals surface area contributed by atoms with Crippen LogP contribution >= 0.6 is 0 Å². The average molecular weight is 381 g/mol. The largest absolute Gasteiger partial charge is 0.241 e. The van der Waals surface area contributed by atoms with Crippen LogP contribution in [-0.2, 0) is 0 Å². The van der Waals surface area contributed by atoms with Crippen LogP contribution in [0.15, 0.2) is 24.3 Å². The number of alkyl halides is 2. The number of unbranched alkanes of at least 4 members (excludes halogenated alkanes) is 1. The highest BCUT2D eigenvalue weighted by atomic mass is 19.3. The lowest BCUT2D eigenvalue weighted by atomic mass is 9.72. The summed E-state index contributed by atoms with van der Waals surface area (Å²) < 4.78 is 25.7. The zero-order valence-electron chi connectivity index (χ0n) is 17.8. The molecule has 2 aliphatic rings. The van der Waals surface area contributed by atoms with E-state index in [0.717, 1.165) is 49.9 Å². The van der Waals surface area contributed by atoms with Gasteiger partial charge in [0.05, 0.1) is 0 Å². The van der Waals surface area contributed by atoms with Gasteiger partial charge in [0.2, 0.25) is 6.43 Å². The van der Waals surface area contributed by atoms with Crippen LogP contribution in [0.3, 0.4) is 0 Å². The number of allylic oxidation sites excluding steroid dienone is 3. The Labute approximate surface area is 166 Å². The molecule has 0 heterocycles. The van der Waals surface area contributed by atoms with Crippen LogP contribution in [0.5, 0.6) is 0 Å². The number of rotatable bonds is 11. The van der Waals surface area contributed by atoms with Gasteiger partial charge in [-0.25, -0.2) is 8.78 Å². The molecule has 1 saturated carbocycles. The number of hydrogen-bond acceptors (Lipinski definition) is 0. The van der Waals surface area contributed by atoms with E-state index in [2.05, 4.69) is 26.5 Å². The van der Waals surface area contributed by atoms with Crippen molar-refractivity contribution in [2.24, 2.45) is 29.6 Å². The van der Waals surface area contributed by atoms with Crippen LogP contribution in [-0.4, -0.2) is 6.43 Å². The van der Waals surface area contributed by atoms with E-state index in [1.165, 1.54) is 51.4 Å². The van der Waals surface area contributed by atoms with Crippen LogP contribution in [0.2, 0.25) is 0 Å². The van der Waals surface area contributed by atoms with E-state index >= 15 is 0 Å². The SMILES string of the molecule is C=CCCCC(CC)CCC(C)C1CC=C(C2CCC(C(F)F)CC2)CC1. The van der Waals surface area contributed by atoms with Crippen LogP contribution in [0.4, 0.5) is 8.78 Å². The first-order valence-electron chi connectivity index (χ1n) is 11.6. The predicted molar refractivity (Wildman–Crippen MR) is 113 cm³/mol. The molecular weight excluding hydrogens is 338 g/mol. The fourth-order valence-corrected chi connectivity index (χ4v) is 5.34. The van der Waals surface area contributed by atoms with Gasteiger partial charge in [0, 0.05) is 5.92 Å². The topological polar surface area (TPSA) is 0 Å². The molecule has 0 aromatic rings. The maximum Gasteiger partial charge on any atom is 0.241 e. The Morgan fingerprint density at radius 3 is 2.37 bits per heavy atom. The minimum Gasteiger partial charge on any atom is -0.210 e. The summed E-state index contributed by atoms with van der Waals surface area (Å²) in [4.78, 5) is 0. The smallest absolute Gasteiger partial charge is 0.210 e. The zero-order valence-corrected chi connectivity index (χ0v) is 17.8. The Balaban J connectivity index is 1.71. The number of hydrogen-bond donors (Lipinski definition) is 0. The van der Waals surface area contributed by atoms with E-state index in [1.54, 1.807) is 5.57 Å². The van der Waals surface area contributed by atoms with E-state index in [0.29, 0.717) is 5.92 Å². The highest BCUT2D eigenvalue weighted by Gasteiger charge is 2.30. The molecule has 2 aliphatic carbocycles. The summed E-state index contributed by atoms with van der Waals surface area (Å²) in [6, 6.07) is 0. The second kappa shape index (κ2) is 12.0. The minimum absolute atomic E-state index is 0.337. The summed E-state index contributed by atoms with van der Waals surface area (Å²) in [7, 11) is 0. The summed E-state index contributed by atoms with van der Waals surface area (Å²) in [6.07, 6.45) is 17.5. The molecule has 156 valence electrons. The lowest BCUT2D eigenvalue weighted by molar-refractivity contribution is 0.0492. The summed E-state index contributed by atoms with van der Waals surface area (Å²) in [6.45, 7) is 8.62. The van der Waals surface area contributed by atoms with Gasteiger partial charge < -0.3 is 0 Å². The molecule has 0 spiro atoms. The molecule has 1 fully saturated rings.